The van der Waals surface area contributed by atoms with Crippen LogP contribution >= 0.6 is 0 Å². The number of aryl methyl sites for hydroxylation is 1. The monoisotopic (exact) mass is 526 g/mol. The van der Waals surface area contributed by atoms with Crippen LogP contribution in [0, 0.1) is 0 Å². The highest BCUT2D eigenvalue weighted by Gasteiger charge is 2.46. The molecule has 0 amide bonds. The van der Waals surface area contributed by atoms with Gasteiger partial charge in [0.05, 0.1) is 6.67 Å². The molecule has 1 atom stereocenters. The molecule has 0 radical (unpaired) electrons. The van der Waals surface area contributed by atoms with Crippen LogP contribution in [0.15, 0.2) is 48.0 Å². The molecule has 1 N–H and O–H groups in total. The molecule has 0 spiro atoms. The first-order chi connectivity index (χ1) is 17.1. The first-order valence-corrected chi connectivity index (χ1v) is 13.5. The minimum atomic E-state index is -5.48. The highest BCUT2D eigenvalue weighted by molar-refractivity contribution is 7.93. The quantitative estimate of drug-likeness (QED) is 0.434. The van der Waals surface area contributed by atoms with Gasteiger partial charge in [-0.3, -0.25) is 14.0 Å². The number of hydrogen-bond acceptors (Lipinski definition) is 4. The SMILES string of the molecule is CC1=C(c2ccc(O[C@H]3CCN(CCCF)C3)cc2)c2ccc(NS(=O)(=O)C(F)(F)F)cc2CCC1. The van der Waals surface area contributed by atoms with Gasteiger partial charge >= 0.3 is 15.5 Å². The number of sulfonamides is 1. The van der Waals surface area contributed by atoms with E-state index >= 15 is 0 Å². The Bertz CT molecular complexity index is 1210. The average Bonchev–Trinajstić information content (AvgIpc) is 3.19. The van der Waals surface area contributed by atoms with Crippen molar-refractivity contribution in [1.82, 2.24) is 4.90 Å². The summed E-state index contributed by atoms with van der Waals surface area (Å²) in [5.74, 6) is 0.750. The summed E-state index contributed by atoms with van der Waals surface area (Å²) in [5.41, 5.74) is -0.690. The van der Waals surface area contributed by atoms with Crippen molar-refractivity contribution in [2.24, 2.45) is 0 Å². The lowest BCUT2D eigenvalue weighted by molar-refractivity contribution is -0.0429. The summed E-state index contributed by atoms with van der Waals surface area (Å²) in [4.78, 5) is 2.21. The number of anilines is 1. The van der Waals surface area contributed by atoms with Gasteiger partial charge in [-0.1, -0.05) is 23.8 Å². The Hall–Kier alpha value is -2.59. The van der Waals surface area contributed by atoms with Gasteiger partial charge in [-0.15, -0.1) is 0 Å². The molecule has 2 aliphatic rings. The van der Waals surface area contributed by atoms with Gasteiger partial charge in [0.15, 0.2) is 0 Å². The van der Waals surface area contributed by atoms with Crippen LogP contribution in [-0.4, -0.2) is 51.2 Å². The Morgan fingerprint density at radius 3 is 2.56 bits per heavy atom. The third kappa shape index (κ3) is 6.03. The maximum Gasteiger partial charge on any atom is 0.516 e. The zero-order valence-corrected chi connectivity index (χ0v) is 20.9. The van der Waals surface area contributed by atoms with Crippen LogP contribution in [0.5, 0.6) is 5.75 Å². The summed E-state index contributed by atoms with van der Waals surface area (Å²) >= 11 is 0. The Balaban J connectivity index is 1.52. The first-order valence-electron chi connectivity index (χ1n) is 12.0. The predicted molar refractivity (Wildman–Crippen MR) is 132 cm³/mol. The number of hydrogen-bond donors (Lipinski definition) is 1. The van der Waals surface area contributed by atoms with Crippen molar-refractivity contribution in [2.45, 2.75) is 50.6 Å². The van der Waals surface area contributed by atoms with E-state index in [1.165, 1.54) is 12.1 Å². The number of allylic oxidation sites excluding steroid dienone is 1. The molecule has 1 aliphatic carbocycles. The summed E-state index contributed by atoms with van der Waals surface area (Å²) in [6, 6.07) is 12.3. The fourth-order valence-electron chi connectivity index (χ4n) is 4.89. The lowest BCUT2D eigenvalue weighted by atomic mass is 9.91. The number of alkyl halides is 4. The molecule has 1 saturated heterocycles. The molecular weight excluding hydrogens is 496 g/mol. The van der Waals surface area contributed by atoms with E-state index in [1.54, 1.807) is 10.8 Å². The van der Waals surface area contributed by atoms with E-state index in [0.29, 0.717) is 12.8 Å². The van der Waals surface area contributed by atoms with Gasteiger partial charge in [0, 0.05) is 25.3 Å². The second-order valence-electron chi connectivity index (χ2n) is 9.33. The van der Waals surface area contributed by atoms with E-state index in [2.05, 4.69) is 4.90 Å². The van der Waals surface area contributed by atoms with Gasteiger partial charge in [-0.05, 0) is 85.6 Å². The van der Waals surface area contributed by atoms with Gasteiger partial charge in [0.25, 0.3) is 0 Å². The minimum absolute atomic E-state index is 0.0638. The van der Waals surface area contributed by atoms with Crippen LogP contribution in [0.3, 0.4) is 0 Å². The summed E-state index contributed by atoms with van der Waals surface area (Å²) in [7, 11) is -5.48. The molecule has 1 heterocycles. The van der Waals surface area contributed by atoms with Gasteiger partial charge < -0.3 is 4.74 Å². The second-order valence-corrected chi connectivity index (χ2v) is 11.0. The highest BCUT2D eigenvalue weighted by atomic mass is 32.2. The van der Waals surface area contributed by atoms with E-state index in [9.17, 15) is 26.0 Å². The zero-order valence-electron chi connectivity index (χ0n) is 20.1. The van der Waals surface area contributed by atoms with Gasteiger partial charge in [0.1, 0.15) is 11.9 Å². The number of ether oxygens (including phenoxy) is 1. The van der Waals surface area contributed by atoms with Crippen LogP contribution in [-0.2, 0) is 16.4 Å². The van der Waals surface area contributed by atoms with Crippen molar-refractivity contribution >= 4 is 21.3 Å². The number of nitrogens with zero attached hydrogens (tertiary/aromatic N) is 1. The largest absolute Gasteiger partial charge is 0.516 e. The predicted octanol–water partition coefficient (Wildman–Crippen LogP) is 5.92. The molecule has 5 nitrogen and oxygen atoms in total. The Kier molecular flexibility index (Phi) is 7.94. The summed E-state index contributed by atoms with van der Waals surface area (Å²) in [6.07, 6.45) is 3.75. The van der Waals surface area contributed by atoms with E-state index in [1.807, 2.05) is 31.2 Å². The minimum Gasteiger partial charge on any atom is -0.489 e. The van der Waals surface area contributed by atoms with E-state index in [0.717, 1.165) is 72.5 Å². The van der Waals surface area contributed by atoms with Crippen molar-refractivity contribution < 1.29 is 30.7 Å². The first kappa shape index (κ1) is 26.5. The summed E-state index contributed by atoms with van der Waals surface area (Å²) in [6.45, 7) is 4.14. The lowest BCUT2D eigenvalue weighted by Crippen LogP contribution is -2.29. The summed E-state index contributed by atoms with van der Waals surface area (Å²) in [5, 5.41) is 0. The number of nitrogens with one attached hydrogen (secondary N) is 1. The Morgan fingerprint density at radius 1 is 1.11 bits per heavy atom. The zero-order chi connectivity index (χ0) is 25.9. The Labute approximate surface area is 209 Å². The number of likely N-dealkylation sites (tertiary alicyclic amines) is 1. The molecule has 10 heteroatoms. The van der Waals surface area contributed by atoms with Gasteiger partial charge in [-0.25, -0.2) is 0 Å². The number of benzene rings is 2. The topological polar surface area (TPSA) is 58.6 Å². The standard InChI is InChI=1S/C26H30F4N2O3S/c1-18-4-2-5-20-16-21(31-36(33,34)26(28,29)30)8-11-24(20)25(18)19-6-9-22(10-7-19)35-23-12-15-32(17-23)14-3-13-27/h6-11,16,23,31H,2-5,12-15,17H2,1H3/t23-/m0/s1. The fourth-order valence-corrected chi connectivity index (χ4v) is 5.45. The van der Waals surface area contributed by atoms with Crippen LogP contribution in [0.25, 0.3) is 5.57 Å². The molecule has 1 fully saturated rings. The molecule has 2 aromatic carbocycles. The molecule has 196 valence electrons. The molecule has 36 heavy (non-hydrogen) atoms. The van der Waals surface area contributed by atoms with Crippen LogP contribution in [0.1, 0.15) is 49.3 Å². The maximum absolute atomic E-state index is 12.8. The molecule has 0 aromatic heterocycles. The molecule has 0 bridgehead atoms. The second kappa shape index (κ2) is 10.8. The third-order valence-corrected chi connectivity index (χ3v) is 7.75. The van der Waals surface area contributed by atoms with E-state index in [4.69, 9.17) is 4.74 Å². The van der Waals surface area contributed by atoms with E-state index in [-0.39, 0.29) is 18.5 Å². The highest BCUT2D eigenvalue weighted by Crippen LogP contribution is 2.37. The van der Waals surface area contributed by atoms with Gasteiger partial charge in [-0.2, -0.15) is 21.6 Å². The molecule has 0 unspecified atom stereocenters. The van der Waals surface area contributed by atoms with Crippen molar-refractivity contribution in [1.29, 1.82) is 0 Å². The molecule has 0 saturated carbocycles. The lowest BCUT2D eigenvalue weighted by Gasteiger charge is -2.18. The van der Waals surface area contributed by atoms with Gasteiger partial charge in [0.2, 0.25) is 0 Å². The van der Waals surface area contributed by atoms with Crippen molar-refractivity contribution in [2.75, 3.05) is 31.0 Å². The smallest absolute Gasteiger partial charge is 0.489 e. The normalized spacial score (nSPS) is 19.2. The molecule has 2 aromatic rings. The van der Waals surface area contributed by atoms with Crippen LogP contribution in [0.2, 0.25) is 0 Å². The third-order valence-electron chi connectivity index (χ3n) is 6.64. The molecule has 1 aliphatic heterocycles. The number of halogens is 4. The van der Waals surface area contributed by atoms with Crippen LogP contribution < -0.4 is 9.46 Å². The molecular formula is C26H30F4N2O3S. The maximum atomic E-state index is 12.8. The number of fused-ring (bicyclic) bond motifs is 1. The average molecular weight is 527 g/mol. The van der Waals surface area contributed by atoms with E-state index < -0.39 is 15.5 Å². The van der Waals surface area contributed by atoms with Crippen molar-refractivity contribution in [3.63, 3.8) is 0 Å². The fraction of sp³-hybridized carbons (Fsp3) is 0.462. The summed E-state index contributed by atoms with van der Waals surface area (Å²) < 4.78 is 81.7. The van der Waals surface area contributed by atoms with Crippen molar-refractivity contribution in [3.8, 4) is 5.75 Å². The molecule has 4 rings (SSSR count). The van der Waals surface area contributed by atoms with Crippen LogP contribution in [0.4, 0.5) is 23.2 Å². The van der Waals surface area contributed by atoms with Crippen molar-refractivity contribution in [3.05, 3.63) is 64.7 Å². The number of rotatable bonds is 8. The Morgan fingerprint density at radius 2 is 1.86 bits per heavy atom.